The van der Waals surface area contributed by atoms with E-state index in [0.717, 1.165) is 67.5 Å². The van der Waals surface area contributed by atoms with Crippen molar-refractivity contribution < 1.29 is 18.5 Å². The maximum absolute atomic E-state index is 14.6. The van der Waals surface area contributed by atoms with Crippen molar-refractivity contribution >= 4 is 21.6 Å². The van der Waals surface area contributed by atoms with E-state index in [0.29, 0.717) is 0 Å². The average molecular weight is 457 g/mol. The van der Waals surface area contributed by atoms with E-state index in [1.807, 2.05) is 0 Å². The molecule has 0 aromatic heterocycles. The molecule has 0 aliphatic heterocycles. The van der Waals surface area contributed by atoms with Crippen LogP contribution in [0.4, 0.5) is 14.9 Å². The van der Waals surface area contributed by atoms with E-state index in [2.05, 4.69) is 20.5 Å². The summed E-state index contributed by atoms with van der Waals surface area (Å²) >= 11 is 0. The number of hydrogen-bond acceptors (Lipinski definition) is 5. The summed E-state index contributed by atoms with van der Waals surface area (Å²) in [6.45, 7) is 2.98. The van der Waals surface area contributed by atoms with E-state index in [1.54, 1.807) is 0 Å². The molecule has 0 saturated heterocycles. The zero-order valence-corrected chi connectivity index (χ0v) is 18.8. The van der Waals surface area contributed by atoms with E-state index >= 15 is 0 Å². The molecule has 0 bridgehead atoms. The predicted octanol–water partition coefficient (Wildman–Crippen LogP) is 4.08. The number of nitrogens with zero attached hydrogens (tertiary/aromatic N) is 2. The first-order chi connectivity index (χ1) is 15.1. The third-order valence-electron chi connectivity index (χ3n) is 6.05. The molecule has 168 valence electrons. The van der Waals surface area contributed by atoms with Crippen LogP contribution in [0, 0.1) is 17.3 Å². The Hall–Kier alpha value is -2.96. The Balaban J connectivity index is 1.69. The fraction of sp³-hybridized carbons (Fsp3) is 0.391. The first-order valence-corrected chi connectivity index (χ1v) is 12.1. The number of halogens is 1. The molecular weight excluding hydrogens is 431 g/mol. The molecule has 2 aromatic rings. The summed E-state index contributed by atoms with van der Waals surface area (Å²) in [5, 5.41) is 22.2. The molecule has 0 saturated carbocycles. The molecule has 2 amide bonds. The first kappa shape index (κ1) is 22.2. The van der Waals surface area contributed by atoms with Crippen molar-refractivity contribution in [2.75, 3.05) is 5.32 Å². The van der Waals surface area contributed by atoms with Crippen LogP contribution >= 0.6 is 0 Å². The monoisotopic (exact) mass is 456 g/mol. The number of aryl methyl sites for hydroxylation is 2. The molecule has 7 nitrogen and oxygen atoms in total. The number of aliphatic hydroxyl groups is 1. The van der Waals surface area contributed by atoms with E-state index < -0.39 is 32.3 Å². The summed E-state index contributed by atoms with van der Waals surface area (Å²) in [7, 11) is -3.96. The largest absolute Gasteiger partial charge is 0.386 e. The highest BCUT2D eigenvalue weighted by atomic mass is 32.2. The van der Waals surface area contributed by atoms with Crippen LogP contribution < -0.4 is 10.0 Å². The molecule has 3 N–H and O–H groups in total. The van der Waals surface area contributed by atoms with Gasteiger partial charge in [-0.3, -0.25) is 0 Å². The molecule has 9 heteroatoms. The van der Waals surface area contributed by atoms with Crippen molar-refractivity contribution in [3.8, 4) is 6.19 Å². The maximum Gasteiger partial charge on any atom is 0.331 e. The smallest absolute Gasteiger partial charge is 0.331 e. The second-order valence-electron chi connectivity index (χ2n) is 8.71. The summed E-state index contributed by atoms with van der Waals surface area (Å²) < 4.78 is 33.7. The topological polar surface area (TPSA) is 115 Å². The van der Waals surface area contributed by atoms with Crippen molar-refractivity contribution in [2.24, 2.45) is 4.36 Å². The third-order valence-corrected chi connectivity index (χ3v) is 7.76. The number of benzene rings is 2. The van der Waals surface area contributed by atoms with Crippen LogP contribution in [-0.2, 0) is 41.2 Å². The minimum atomic E-state index is -3.96. The van der Waals surface area contributed by atoms with Gasteiger partial charge in [0.1, 0.15) is 10.7 Å². The lowest BCUT2D eigenvalue weighted by atomic mass is 9.99. The van der Waals surface area contributed by atoms with Crippen LogP contribution in [0.5, 0.6) is 0 Å². The zero-order valence-electron chi connectivity index (χ0n) is 18.0. The Kier molecular flexibility index (Phi) is 5.69. The van der Waals surface area contributed by atoms with Gasteiger partial charge >= 0.3 is 6.03 Å². The molecule has 0 fully saturated rings. The molecular formula is C23H25FN4O3S. The van der Waals surface area contributed by atoms with Gasteiger partial charge in [-0.25, -0.2) is 18.1 Å². The molecule has 0 radical (unpaired) electrons. The van der Waals surface area contributed by atoms with Crippen molar-refractivity contribution in [1.29, 1.82) is 5.26 Å². The number of amides is 2. The number of carbonyl (C=O) groups excluding carboxylic acids is 1. The summed E-state index contributed by atoms with van der Waals surface area (Å²) in [6, 6.07) is 4.94. The summed E-state index contributed by atoms with van der Waals surface area (Å²) in [6.07, 6.45) is 7.03. The third kappa shape index (κ3) is 4.08. The molecule has 2 aromatic carbocycles. The summed E-state index contributed by atoms with van der Waals surface area (Å²) in [5.41, 5.74) is 4.26. The number of nitriles is 1. The van der Waals surface area contributed by atoms with Crippen molar-refractivity contribution in [1.82, 2.24) is 4.72 Å². The van der Waals surface area contributed by atoms with E-state index in [4.69, 9.17) is 5.26 Å². The van der Waals surface area contributed by atoms with Gasteiger partial charge in [0.25, 0.3) is 0 Å². The van der Waals surface area contributed by atoms with E-state index in [1.165, 1.54) is 37.2 Å². The molecule has 0 heterocycles. The second-order valence-corrected chi connectivity index (χ2v) is 10.6. The maximum atomic E-state index is 14.6. The van der Waals surface area contributed by atoms with Crippen LogP contribution in [-0.4, -0.2) is 15.3 Å². The quantitative estimate of drug-likeness (QED) is 0.602. The lowest BCUT2D eigenvalue weighted by Crippen LogP contribution is -2.35. The SMILES string of the molecule is CC(C)(O)c1ccc(F)c(S(=O)(=NC#N)NC(=O)Nc2c3c(cc4c2CCC4)CCC3)c1. The van der Waals surface area contributed by atoms with Gasteiger partial charge in [-0.2, -0.15) is 5.26 Å². The van der Waals surface area contributed by atoms with Crippen LogP contribution in [0.25, 0.3) is 0 Å². The van der Waals surface area contributed by atoms with Gasteiger partial charge in [-0.1, -0.05) is 16.5 Å². The average Bonchev–Trinajstić information content (AvgIpc) is 3.36. The second kappa shape index (κ2) is 8.19. The van der Waals surface area contributed by atoms with Gasteiger partial charge in [-0.05, 0) is 92.3 Å². The lowest BCUT2D eigenvalue weighted by molar-refractivity contribution is 0.0782. The minimum absolute atomic E-state index is 0.274. The Labute approximate surface area is 187 Å². The van der Waals surface area contributed by atoms with Gasteiger partial charge in [0, 0.05) is 5.69 Å². The summed E-state index contributed by atoms with van der Waals surface area (Å²) in [5.74, 6) is -0.899. The number of fused-ring (bicyclic) bond motifs is 2. The Morgan fingerprint density at radius 2 is 1.78 bits per heavy atom. The number of hydrogen-bond donors (Lipinski definition) is 3. The van der Waals surface area contributed by atoms with E-state index in [9.17, 15) is 18.5 Å². The molecule has 2 aliphatic rings. The number of urea groups is 1. The van der Waals surface area contributed by atoms with Crippen molar-refractivity contribution in [3.05, 3.63) is 57.9 Å². The van der Waals surface area contributed by atoms with Crippen molar-refractivity contribution in [2.45, 2.75) is 62.9 Å². The highest BCUT2D eigenvalue weighted by molar-refractivity contribution is 7.92. The molecule has 2 aliphatic carbocycles. The minimum Gasteiger partial charge on any atom is -0.386 e. The number of nitrogens with one attached hydrogen (secondary N) is 2. The Morgan fingerprint density at radius 3 is 2.34 bits per heavy atom. The van der Waals surface area contributed by atoms with Crippen LogP contribution in [0.15, 0.2) is 33.5 Å². The molecule has 0 spiro atoms. The Bertz CT molecular complexity index is 1240. The predicted molar refractivity (Wildman–Crippen MR) is 119 cm³/mol. The summed E-state index contributed by atoms with van der Waals surface area (Å²) in [4.78, 5) is 12.5. The lowest BCUT2D eigenvalue weighted by Gasteiger charge is -2.20. The number of anilines is 1. The van der Waals surface area contributed by atoms with Gasteiger partial charge in [0.05, 0.1) is 5.60 Å². The normalized spacial score (nSPS) is 16.5. The fourth-order valence-corrected chi connectivity index (χ4v) is 5.80. The van der Waals surface area contributed by atoms with Crippen LogP contribution in [0.1, 0.15) is 54.5 Å². The van der Waals surface area contributed by atoms with Gasteiger partial charge in [0.15, 0.2) is 9.92 Å². The van der Waals surface area contributed by atoms with Gasteiger partial charge in [-0.15, -0.1) is 0 Å². The first-order valence-electron chi connectivity index (χ1n) is 10.6. The fourth-order valence-electron chi connectivity index (χ4n) is 4.51. The highest BCUT2D eigenvalue weighted by Crippen LogP contribution is 2.38. The van der Waals surface area contributed by atoms with Crippen molar-refractivity contribution in [3.63, 3.8) is 0 Å². The zero-order chi connectivity index (χ0) is 23.1. The van der Waals surface area contributed by atoms with Crippen LogP contribution in [0.3, 0.4) is 0 Å². The molecule has 32 heavy (non-hydrogen) atoms. The number of carbonyl (C=O) groups is 1. The van der Waals surface area contributed by atoms with E-state index in [-0.39, 0.29) is 5.56 Å². The van der Waals surface area contributed by atoms with Gasteiger partial charge in [0.2, 0.25) is 6.19 Å². The van der Waals surface area contributed by atoms with Crippen LogP contribution in [0.2, 0.25) is 0 Å². The molecule has 1 unspecified atom stereocenters. The molecule has 1 atom stereocenters. The highest BCUT2D eigenvalue weighted by Gasteiger charge is 2.28. The standard InChI is InChI=1S/C23H25FN4O3S/c1-23(2,30)16-9-10-19(24)20(12-16)32(31,26-13-25)28-22(29)27-21-17-7-3-5-14(17)11-15-6-4-8-18(15)21/h9-12,30H,3-8H2,1-2H3,(H2,26,27,28,29,31). The number of rotatable bonds is 4. The molecule has 4 rings (SSSR count). The Morgan fingerprint density at radius 1 is 1.16 bits per heavy atom. The van der Waals surface area contributed by atoms with Gasteiger partial charge < -0.3 is 10.4 Å².